The van der Waals surface area contributed by atoms with Crippen molar-refractivity contribution in [3.05, 3.63) is 46.2 Å². The quantitative estimate of drug-likeness (QED) is 0.698. The van der Waals surface area contributed by atoms with Crippen LogP contribution in [0.3, 0.4) is 0 Å². The van der Waals surface area contributed by atoms with Crippen molar-refractivity contribution in [2.75, 3.05) is 36.8 Å². The summed E-state index contributed by atoms with van der Waals surface area (Å²) >= 11 is 3.32. The summed E-state index contributed by atoms with van der Waals surface area (Å²) in [5.74, 6) is 0.797. The number of nitrogens with two attached hydrogens (primary N) is 1. The van der Waals surface area contributed by atoms with E-state index in [9.17, 15) is 9.59 Å². The predicted molar refractivity (Wildman–Crippen MR) is 121 cm³/mol. The molecule has 1 aliphatic rings. The first-order chi connectivity index (χ1) is 13.7. The van der Waals surface area contributed by atoms with Gasteiger partial charge in [-0.2, -0.15) is 0 Å². The standard InChI is InChI=1S/C21H26BrN5O2.2H2/c1-21(2,3)20(29)27-9-5-8-26(10-11-27)17-7-4-6-16(25-17)18(28)15-12-14(22)13-24-19(15)23;;/h4,6-7,12-13H,5,8-11H2,1-3H3,(H2,23,24);2*1H. The van der Waals surface area contributed by atoms with Gasteiger partial charge >= 0.3 is 0 Å². The molecule has 1 aliphatic heterocycles. The fraction of sp³-hybridized carbons (Fsp3) is 0.429. The largest absolute Gasteiger partial charge is 0.383 e. The molecule has 8 heteroatoms. The van der Waals surface area contributed by atoms with Crippen LogP contribution in [-0.4, -0.2) is 52.7 Å². The third kappa shape index (κ3) is 4.93. The third-order valence-electron chi connectivity index (χ3n) is 4.85. The van der Waals surface area contributed by atoms with Crippen molar-refractivity contribution in [2.45, 2.75) is 27.2 Å². The summed E-state index contributed by atoms with van der Waals surface area (Å²) in [6.07, 6.45) is 2.40. The minimum Gasteiger partial charge on any atom is -0.383 e. The number of nitrogen functional groups attached to an aromatic ring is 1. The van der Waals surface area contributed by atoms with Crippen molar-refractivity contribution in [1.82, 2.24) is 14.9 Å². The Morgan fingerprint density at radius 2 is 1.93 bits per heavy atom. The molecule has 7 nitrogen and oxygen atoms in total. The van der Waals surface area contributed by atoms with Gasteiger partial charge < -0.3 is 15.5 Å². The number of hydrogen-bond acceptors (Lipinski definition) is 6. The molecule has 1 saturated heterocycles. The molecule has 1 amide bonds. The molecule has 2 N–H and O–H groups in total. The Hall–Kier alpha value is -2.48. The molecule has 3 heterocycles. The maximum absolute atomic E-state index is 12.9. The number of hydrogen-bond donors (Lipinski definition) is 1. The van der Waals surface area contributed by atoms with Gasteiger partial charge in [-0.15, -0.1) is 0 Å². The van der Waals surface area contributed by atoms with Crippen LogP contribution in [0.4, 0.5) is 11.6 Å². The lowest BCUT2D eigenvalue weighted by atomic mass is 9.94. The van der Waals surface area contributed by atoms with Crippen LogP contribution in [0.5, 0.6) is 0 Å². The van der Waals surface area contributed by atoms with Crippen molar-refractivity contribution in [3.63, 3.8) is 0 Å². The number of amides is 1. The second-order valence-corrected chi connectivity index (χ2v) is 9.09. The average Bonchev–Trinajstić information content (AvgIpc) is 2.94. The van der Waals surface area contributed by atoms with Gasteiger partial charge in [0.1, 0.15) is 17.3 Å². The van der Waals surface area contributed by atoms with Gasteiger partial charge in [0.05, 0.1) is 5.56 Å². The number of anilines is 2. The minimum absolute atomic E-state index is 0. The second-order valence-electron chi connectivity index (χ2n) is 8.18. The minimum atomic E-state index is -0.391. The highest BCUT2D eigenvalue weighted by Gasteiger charge is 2.29. The lowest BCUT2D eigenvalue weighted by molar-refractivity contribution is -0.139. The third-order valence-corrected chi connectivity index (χ3v) is 5.28. The van der Waals surface area contributed by atoms with Gasteiger partial charge in [0.25, 0.3) is 0 Å². The maximum Gasteiger partial charge on any atom is 0.228 e. The topological polar surface area (TPSA) is 92.4 Å². The predicted octanol–water partition coefficient (Wildman–Crippen LogP) is 3.63. The Kier molecular flexibility index (Phi) is 6.21. The highest BCUT2D eigenvalue weighted by atomic mass is 79.9. The number of nitrogens with zero attached hydrogens (tertiary/aromatic N) is 4. The van der Waals surface area contributed by atoms with E-state index in [4.69, 9.17) is 5.73 Å². The van der Waals surface area contributed by atoms with Gasteiger partial charge in [-0.05, 0) is 40.5 Å². The van der Waals surface area contributed by atoms with E-state index in [0.29, 0.717) is 28.8 Å². The van der Waals surface area contributed by atoms with Crippen molar-refractivity contribution in [1.29, 1.82) is 0 Å². The molecule has 0 aromatic carbocycles. The molecule has 2 aromatic rings. The Labute approximate surface area is 182 Å². The maximum atomic E-state index is 12.9. The van der Waals surface area contributed by atoms with Gasteiger partial charge in [0.15, 0.2) is 0 Å². The second kappa shape index (κ2) is 8.49. The zero-order valence-corrected chi connectivity index (χ0v) is 18.6. The molecule has 0 radical (unpaired) electrons. The summed E-state index contributed by atoms with van der Waals surface area (Å²) < 4.78 is 0.683. The molecule has 0 bridgehead atoms. The summed E-state index contributed by atoms with van der Waals surface area (Å²) in [6, 6.07) is 7.04. The number of aromatic nitrogens is 2. The van der Waals surface area contributed by atoms with E-state index in [0.717, 1.165) is 25.3 Å². The van der Waals surface area contributed by atoms with Crippen LogP contribution in [0, 0.1) is 5.41 Å². The van der Waals surface area contributed by atoms with Crippen molar-refractivity contribution >= 4 is 39.3 Å². The monoisotopic (exact) mass is 463 g/mol. The molecule has 0 aliphatic carbocycles. The molecule has 0 saturated carbocycles. The number of halogens is 1. The van der Waals surface area contributed by atoms with Crippen LogP contribution < -0.4 is 10.6 Å². The first kappa shape index (κ1) is 21.2. The highest BCUT2D eigenvalue weighted by molar-refractivity contribution is 9.10. The lowest BCUT2D eigenvalue weighted by Crippen LogP contribution is -2.41. The molecule has 2 aromatic heterocycles. The molecule has 0 spiro atoms. The van der Waals surface area contributed by atoms with Crippen LogP contribution in [0.15, 0.2) is 34.9 Å². The summed E-state index contributed by atoms with van der Waals surface area (Å²) in [4.78, 5) is 38.1. The van der Waals surface area contributed by atoms with Crippen LogP contribution >= 0.6 is 15.9 Å². The summed E-state index contributed by atoms with van der Waals surface area (Å²) in [7, 11) is 0. The smallest absolute Gasteiger partial charge is 0.228 e. The van der Waals surface area contributed by atoms with E-state index < -0.39 is 5.41 Å². The summed E-state index contributed by atoms with van der Waals surface area (Å²) in [6.45, 7) is 8.64. The summed E-state index contributed by atoms with van der Waals surface area (Å²) in [5.41, 5.74) is 6.13. The van der Waals surface area contributed by atoms with Crippen LogP contribution in [0.1, 0.15) is 46.1 Å². The molecular formula is C21H30BrN5O2. The van der Waals surface area contributed by atoms with E-state index >= 15 is 0 Å². The fourth-order valence-corrected chi connectivity index (χ4v) is 3.65. The highest BCUT2D eigenvalue weighted by Crippen LogP contribution is 2.22. The van der Waals surface area contributed by atoms with E-state index in [2.05, 4.69) is 30.8 Å². The number of pyridine rings is 2. The van der Waals surface area contributed by atoms with Gasteiger partial charge in [-0.1, -0.05) is 26.8 Å². The average molecular weight is 464 g/mol. The van der Waals surface area contributed by atoms with Crippen molar-refractivity contribution < 1.29 is 12.4 Å². The van der Waals surface area contributed by atoms with Crippen LogP contribution in [0.2, 0.25) is 0 Å². The van der Waals surface area contributed by atoms with E-state index in [1.165, 1.54) is 0 Å². The van der Waals surface area contributed by atoms with Crippen molar-refractivity contribution in [2.24, 2.45) is 5.41 Å². The van der Waals surface area contributed by atoms with E-state index in [-0.39, 0.29) is 20.4 Å². The van der Waals surface area contributed by atoms with Crippen LogP contribution in [-0.2, 0) is 4.79 Å². The lowest BCUT2D eigenvalue weighted by Gasteiger charge is -2.28. The van der Waals surface area contributed by atoms with Gasteiger partial charge in [-0.25, -0.2) is 9.97 Å². The molecule has 158 valence electrons. The molecule has 3 rings (SSSR count). The van der Waals surface area contributed by atoms with E-state index in [1.54, 1.807) is 18.3 Å². The first-order valence-corrected chi connectivity index (χ1v) is 10.4. The Bertz CT molecular complexity index is 936. The SMILES string of the molecule is CC(C)(C)C(=O)N1CCCN(c2cccc(C(=O)c3cc(Br)cnc3N)n2)CC1.[HH].[HH]. The Morgan fingerprint density at radius 1 is 1.17 bits per heavy atom. The zero-order chi connectivity index (χ0) is 21.2. The van der Waals surface area contributed by atoms with Gasteiger partial charge in [0.2, 0.25) is 11.7 Å². The number of carbonyl (C=O) groups is 2. The normalized spacial score (nSPS) is 15.2. The number of carbonyl (C=O) groups excluding carboxylic acids is 2. The molecule has 29 heavy (non-hydrogen) atoms. The van der Waals surface area contributed by atoms with Gasteiger partial charge in [-0.3, -0.25) is 9.59 Å². The molecule has 0 unspecified atom stereocenters. The van der Waals surface area contributed by atoms with E-state index in [1.807, 2.05) is 37.8 Å². The zero-order valence-electron chi connectivity index (χ0n) is 17.0. The Morgan fingerprint density at radius 3 is 2.66 bits per heavy atom. The number of ketones is 1. The number of rotatable bonds is 3. The Balaban J connectivity index is 0.00000240. The van der Waals surface area contributed by atoms with Gasteiger partial charge in [0, 0.05) is 45.1 Å². The summed E-state index contributed by atoms with van der Waals surface area (Å²) in [5, 5.41) is 0. The van der Waals surface area contributed by atoms with Crippen molar-refractivity contribution in [3.8, 4) is 0 Å². The molecule has 1 fully saturated rings. The van der Waals surface area contributed by atoms with Crippen LogP contribution in [0.25, 0.3) is 0 Å². The molecular weight excluding hydrogens is 434 g/mol. The molecule has 0 atom stereocenters. The first-order valence-electron chi connectivity index (χ1n) is 9.64. The fourth-order valence-electron chi connectivity index (χ4n) is 3.32.